The number of rotatable bonds is 5. The van der Waals surface area contributed by atoms with Crippen molar-refractivity contribution in [3.63, 3.8) is 0 Å². The molecule has 116 valence electrons. The highest BCUT2D eigenvalue weighted by molar-refractivity contribution is 5.85. The van der Waals surface area contributed by atoms with Crippen LogP contribution in [0.4, 0.5) is 0 Å². The fourth-order valence-corrected chi connectivity index (χ4v) is 2.34. The summed E-state index contributed by atoms with van der Waals surface area (Å²) in [4.78, 5) is 16.5. The van der Waals surface area contributed by atoms with E-state index in [1.165, 1.54) is 0 Å². The van der Waals surface area contributed by atoms with Crippen LogP contribution in [-0.4, -0.2) is 17.0 Å². The topological polar surface area (TPSA) is 51.2 Å². The number of amides is 1. The number of hydrogen-bond donors (Lipinski definition) is 1. The number of aromatic nitrogens is 1. The highest BCUT2D eigenvalue weighted by atomic mass is 16.5. The van der Waals surface area contributed by atoms with Crippen molar-refractivity contribution < 1.29 is 9.53 Å². The molecule has 2 aromatic carbocycles. The molecule has 0 bridgehead atoms. The SMILES string of the molecule is CC(Oc1cccc2cccnc12)C(=O)NCc1ccccc1. The highest BCUT2D eigenvalue weighted by Crippen LogP contribution is 2.23. The van der Waals surface area contributed by atoms with E-state index in [4.69, 9.17) is 4.74 Å². The Kier molecular flexibility index (Phi) is 4.52. The lowest BCUT2D eigenvalue weighted by molar-refractivity contribution is -0.127. The minimum absolute atomic E-state index is 0.151. The molecule has 3 rings (SSSR count). The van der Waals surface area contributed by atoms with E-state index >= 15 is 0 Å². The normalized spacial score (nSPS) is 11.9. The molecule has 1 aromatic heterocycles. The fourth-order valence-electron chi connectivity index (χ4n) is 2.34. The molecule has 0 aliphatic heterocycles. The quantitative estimate of drug-likeness (QED) is 0.786. The summed E-state index contributed by atoms with van der Waals surface area (Å²) >= 11 is 0. The van der Waals surface area contributed by atoms with E-state index in [0.717, 1.165) is 16.5 Å². The van der Waals surface area contributed by atoms with Gasteiger partial charge < -0.3 is 10.1 Å². The van der Waals surface area contributed by atoms with Crippen LogP contribution in [0.25, 0.3) is 10.9 Å². The maximum absolute atomic E-state index is 12.2. The number of ether oxygens (including phenoxy) is 1. The second-order valence-electron chi connectivity index (χ2n) is 5.29. The van der Waals surface area contributed by atoms with Gasteiger partial charge >= 0.3 is 0 Å². The van der Waals surface area contributed by atoms with Gasteiger partial charge in [0.25, 0.3) is 5.91 Å². The average Bonchev–Trinajstić information content (AvgIpc) is 2.61. The number of pyridine rings is 1. The van der Waals surface area contributed by atoms with E-state index < -0.39 is 6.10 Å². The van der Waals surface area contributed by atoms with Gasteiger partial charge in [0.15, 0.2) is 6.10 Å². The second kappa shape index (κ2) is 6.92. The average molecular weight is 306 g/mol. The Bertz CT molecular complexity index is 797. The fraction of sp³-hybridized carbons (Fsp3) is 0.158. The molecule has 1 amide bonds. The lowest BCUT2D eigenvalue weighted by Crippen LogP contribution is -2.35. The summed E-state index contributed by atoms with van der Waals surface area (Å²) in [6.07, 6.45) is 1.13. The smallest absolute Gasteiger partial charge is 0.261 e. The van der Waals surface area contributed by atoms with Gasteiger partial charge in [-0.2, -0.15) is 0 Å². The molecule has 3 aromatic rings. The van der Waals surface area contributed by atoms with Crippen LogP contribution >= 0.6 is 0 Å². The molecule has 4 heteroatoms. The number of nitrogens with one attached hydrogen (secondary N) is 1. The summed E-state index contributed by atoms with van der Waals surface area (Å²) in [6, 6.07) is 19.3. The molecule has 0 spiro atoms. The molecule has 0 radical (unpaired) electrons. The molecule has 0 saturated carbocycles. The predicted octanol–water partition coefficient (Wildman–Crippen LogP) is 3.32. The standard InChI is InChI=1S/C19H18N2O2/c1-14(19(22)21-13-15-7-3-2-4-8-15)23-17-11-5-9-16-10-6-12-20-18(16)17/h2-12,14H,13H2,1H3,(H,21,22). The largest absolute Gasteiger partial charge is 0.479 e. The Morgan fingerprint density at radius 3 is 2.70 bits per heavy atom. The monoisotopic (exact) mass is 306 g/mol. The predicted molar refractivity (Wildman–Crippen MR) is 90.1 cm³/mol. The van der Waals surface area contributed by atoms with Crippen molar-refractivity contribution in [2.75, 3.05) is 0 Å². The van der Waals surface area contributed by atoms with Gasteiger partial charge in [-0.3, -0.25) is 9.78 Å². The Labute approximate surface area is 135 Å². The molecular formula is C19H18N2O2. The zero-order chi connectivity index (χ0) is 16.1. The number of para-hydroxylation sites is 1. The number of fused-ring (bicyclic) bond motifs is 1. The number of hydrogen-bond acceptors (Lipinski definition) is 3. The maximum atomic E-state index is 12.2. The minimum Gasteiger partial charge on any atom is -0.479 e. The molecule has 4 nitrogen and oxygen atoms in total. The lowest BCUT2D eigenvalue weighted by atomic mass is 10.2. The highest BCUT2D eigenvalue weighted by Gasteiger charge is 2.15. The molecular weight excluding hydrogens is 288 g/mol. The summed E-state index contributed by atoms with van der Waals surface area (Å²) in [6.45, 7) is 2.23. The van der Waals surface area contributed by atoms with E-state index in [9.17, 15) is 4.79 Å². The molecule has 0 saturated heterocycles. The number of carbonyl (C=O) groups is 1. The Morgan fingerprint density at radius 1 is 1.09 bits per heavy atom. The summed E-state index contributed by atoms with van der Waals surface area (Å²) in [5.74, 6) is 0.465. The Hall–Kier alpha value is -2.88. The van der Waals surface area contributed by atoms with Crippen molar-refractivity contribution in [1.82, 2.24) is 10.3 Å². The maximum Gasteiger partial charge on any atom is 0.261 e. The molecule has 23 heavy (non-hydrogen) atoms. The van der Waals surface area contributed by atoms with Gasteiger partial charge in [0.05, 0.1) is 0 Å². The van der Waals surface area contributed by atoms with Crippen LogP contribution in [-0.2, 0) is 11.3 Å². The van der Waals surface area contributed by atoms with Gasteiger partial charge in [0.1, 0.15) is 11.3 Å². The number of benzene rings is 2. The lowest BCUT2D eigenvalue weighted by Gasteiger charge is -2.15. The summed E-state index contributed by atoms with van der Waals surface area (Å²) in [5.41, 5.74) is 1.82. The first-order valence-electron chi connectivity index (χ1n) is 7.56. The first-order valence-corrected chi connectivity index (χ1v) is 7.56. The molecule has 0 aliphatic carbocycles. The van der Waals surface area contributed by atoms with E-state index in [0.29, 0.717) is 12.3 Å². The van der Waals surface area contributed by atoms with Gasteiger partial charge in [0, 0.05) is 18.1 Å². The third-order valence-electron chi connectivity index (χ3n) is 3.58. The van der Waals surface area contributed by atoms with Crippen LogP contribution in [0.1, 0.15) is 12.5 Å². The zero-order valence-electron chi connectivity index (χ0n) is 12.9. The third kappa shape index (κ3) is 3.66. The first-order chi connectivity index (χ1) is 11.2. The van der Waals surface area contributed by atoms with Crippen LogP contribution in [0.2, 0.25) is 0 Å². The van der Waals surface area contributed by atoms with Crippen LogP contribution in [0.3, 0.4) is 0 Å². The van der Waals surface area contributed by atoms with Crippen LogP contribution in [0.5, 0.6) is 5.75 Å². The van der Waals surface area contributed by atoms with Gasteiger partial charge in [-0.05, 0) is 24.6 Å². The van der Waals surface area contributed by atoms with E-state index in [2.05, 4.69) is 10.3 Å². The summed E-state index contributed by atoms with van der Waals surface area (Å²) in [5, 5.41) is 3.87. The minimum atomic E-state index is -0.591. The Balaban J connectivity index is 1.66. The van der Waals surface area contributed by atoms with Gasteiger partial charge in [-0.25, -0.2) is 0 Å². The molecule has 1 heterocycles. The first kappa shape index (κ1) is 15.0. The van der Waals surface area contributed by atoms with Gasteiger partial charge in [-0.1, -0.05) is 48.5 Å². The summed E-state index contributed by atoms with van der Waals surface area (Å²) < 4.78 is 5.80. The second-order valence-corrected chi connectivity index (χ2v) is 5.29. The van der Waals surface area contributed by atoms with Crippen LogP contribution in [0.15, 0.2) is 66.9 Å². The van der Waals surface area contributed by atoms with Crippen molar-refractivity contribution in [3.8, 4) is 5.75 Å². The molecule has 1 unspecified atom stereocenters. The Morgan fingerprint density at radius 2 is 1.87 bits per heavy atom. The third-order valence-corrected chi connectivity index (χ3v) is 3.58. The van der Waals surface area contributed by atoms with Crippen molar-refractivity contribution >= 4 is 16.8 Å². The van der Waals surface area contributed by atoms with Gasteiger partial charge in [0.2, 0.25) is 0 Å². The zero-order valence-corrected chi connectivity index (χ0v) is 12.9. The summed E-state index contributed by atoms with van der Waals surface area (Å²) in [7, 11) is 0. The molecule has 1 atom stereocenters. The molecule has 0 aliphatic rings. The van der Waals surface area contributed by atoms with Crippen molar-refractivity contribution in [1.29, 1.82) is 0 Å². The van der Waals surface area contributed by atoms with E-state index in [1.54, 1.807) is 13.1 Å². The van der Waals surface area contributed by atoms with E-state index in [-0.39, 0.29) is 5.91 Å². The molecule has 1 N–H and O–H groups in total. The van der Waals surface area contributed by atoms with Crippen LogP contribution in [0, 0.1) is 0 Å². The number of carbonyl (C=O) groups excluding carboxylic acids is 1. The van der Waals surface area contributed by atoms with Crippen molar-refractivity contribution in [3.05, 3.63) is 72.4 Å². The van der Waals surface area contributed by atoms with E-state index in [1.807, 2.05) is 60.7 Å². The van der Waals surface area contributed by atoms with Gasteiger partial charge in [-0.15, -0.1) is 0 Å². The van der Waals surface area contributed by atoms with Crippen molar-refractivity contribution in [2.24, 2.45) is 0 Å². The van der Waals surface area contributed by atoms with Crippen LogP contribution < -0.4 is 10.1 Å². The number of nitrogens with zero attached hydrogens (tertiary/aromatic N) is 1. The molecule has 0 fully saturated rings. The van der Waals surface area contributed by atoms with Crippen molar-refractivity contribution in [2.45, 2.75) is 19.6 Å².